The molecule has 180 valence electrons. The van der Waals surface area contributed by atoms with E-state index in [9.17, 15) is 4.79 Å². The maximum absolute atomic E-state index is 13.6. The summed E-state index contributed by atoms with van der Waals surface area (Å²) in [6.45, 7) is 6.91. The topological polar surface area (TPSA) is 64.1 Å². The number of hydrogen-bond donors (Lipinski definition) is 0. The van der Waals surface area contributed by atoms with Gasteiger partial charge in [0.25, 0.3) is 5.91 Å². The molecule has 2 heterocycles. The molecule has 4 rings (SSSR count). The molecule has 0 aliphatic carbocycles. The van der Waals surface area contributed by atoms with Gasteiger partial charge in [-0.3, -0.25) is 14.6 Å². The Morgan fingerprint density at radius 3 is 2.71 bits per heavy atom. The van der Waals surface area contributed by atoms with Crippen molar-refractivity contribution in [1.29, 1.82) is 0 Å². The molecule has 0 saturated carbocycles. The van der Waals surface area contributed by atoms with E-state index in [4.69, 9.17) is 19.2 Å². The summed E-state index contributed by atoms with van der Waals surface area (Å²) in [5, 5.41) is 2.64. The quantitative estimate of drug-likeness (QED) is 0.448. The molecule has 0 unspecified atom stereocenters. The molecule has 1 aliphatic heterocycles. The Morgan fingerprint density at radius 1 is 1.15 bits per heavy atom. The van der Waals surface area contributed by atoms with Crippen LogP contribution in [0.3, 0.4) is 0 Å². The van der Waals surface area contributed by atoms with Crippen LogP contribution >= 0.6 is 11.3 Å². The molecule has 0 spiro atoms. The fourth-order valence-corrected chi connectivity index (χ4v) is 4.87. The molecule has 0 atom stereocenters. The Morgan fingerprint density at radius 2 is 1.97 bits per heavy atom. The summed E-state index contributed by atoms with van der Waals surface area (Å²) in [6, 6.07) is 13.3. The van der Waals surface area contributed by atoms with Crippen molar-refractivity contribution in [1.82, 2.24) is 9.88 Å². The van der Waals surface area contributed by atoms with Gasteiger partial charge in [0, 0.05) is 42.7 Å². The van der Waals surface area contributed by atoms with Gasteiger partial charge in [0.15, 0.2) is 5.13 Å². The van der Waals surface area contributed by atoms with Crippen LogP contribution in [0.25, 0.3) is 11.3 Å². The molecule has 1 fully saturated rings. The number of rotatable bonds is 9. The SMILES string of the molecule is COc1ccc(OC)c(-c2csc(N(CCCN3CCOCC3)C(=O)c3cccc(C)c3)n2)c1. The van der Waals surface area contributed by atoms with Gasteiger partial charge in [0.05, 0.1) is 33.1 Å². The second kappa shape index (κ2) is 11.5. The highest BCUT2D eigenvalue weighted by molar-refractivity contribution is 7.14. The molecule has 34 heavy (non-hydrogen) atoms. The summed E-state index contributed by atoms with van der Waals surface area (Å²) in [5.74, 6) is 1.40. The maximum Gasteiger partial charge on any atom is 0.260 e. The average molecular weight is 482 g/mol. The van der Waals surface area contributed by atoms with E-state index in [2.05, 4.69) is 4.90 Å². The zero-order chi connectivity index (χ0) is 23.9. The first-order chi connectivity index (χ1) is 16.6. The van der Waals surface area contributed by atoms with Gasteiger partial charge in [0.1, 0.15) is 11.5 Å². The van der Waals surface area contributed by atoms with E-state index in [0.29, 0.717) is 23.0 Å². The molecule has 0 N–H and O–H groups in total. The lowest BCUT2D eigenvalue weighted by atomic mass is 10.1. The largest absolute Gasteiger partial charge is 0.497 e. The van der Waals surface area contributed by atoms with Crippen LogP contribution in [0.1, 0.15) is 22.3 Å². The molecule has 1 saturated heterocycles. The third-order valence-corrected chi connectivity index (χ3v) is 6.74. The zero-order valence-electron chi connectivity index (χ0n) is 20.0. The number of benzene rings is 2. The first kappa shape index (κ1) is 24.2. The molecule has 7 nitrogen and oxygen atoms in total. The predicted octanol–water partition coefficient (Wildman–Crippen LogP) is 4.50. The Balaban J connectivity index is 1.60. The number of aromatic nitrogens is 1. The van der Waals surface area contributed by atoms with Gasteiger partial charge in [-0.25, -0.2) is 4.98 Å². The van der Waals surface area contributed by atoms with E-state index in [1.807, 2.05) is 54.8 Å². The van der Waals surface area contributed by atoms with Gasteiger partial charge in [-0.1, -0.05) is 17.7 Å². The molecule has 2 aromatic carbocycles. The van der Waals surface area contributed by atoms with Crippen molar-refractivity contribution in [2.75, 3.05) is 58.5 Å². The normalized spacial score (nSPS) is 14.1. The third-order valence-electron chi connectivity index (χ3n) is 5.88. The molecule has 1 aliphatic rings. The first-order valence-electron chi connectivity index (χ1n) is 11.5. The highest BCUT2D eigenvalue weighted by Crippen LogP contribution is 2.36. The number of carbonyl (C=O) groups excluding carboxylic acids is 1. The summed E-state index contributed by atoms with van der Waals surface area (Å²) in [6.07, 6.45) is 0.856. The van der Waals surface area contributed by atoms with Crippen molar-refractivity contribution >= 4 is 22.4 Å². The number of aryl methyl sites for hydroxylation is 1. The number of ether oxygens (including phenoxy) is 3. The highest BCUT2D eigenvalue weighted by atomic mass is 32.1. The summed E-state index contributed by atoms with van der Waals surface area (Å²) >= 11 is 1.46. The standard InChI is InChI=1S/C26H31N3O4S/c1-19-6-4-7-20(16-19)25(30)29(11-5-10-28-12-14-33-15-13-28)26-27-23(18-34-26)22-17-21(31-2)8-9-24(22)32-3/h4,6-9,16-18H,5,10-15H2,1-3H3. The van der Waals surface area contributed by atoms with E-state index in [1.165, 1.54) is 11.3 Å². The smallest absolute Gasteiger partial charge is 0.260 e. The fraction of sp³-hybridized carbons (Fsp3) is 0.385. The minimum Gasteiger partial charge on any atom is -0.497 e. The Bertz CT molecular complexity index is 1110. The van der Waals surface area contributed by atoms with Gasteiger partial charge in [0.2, 0.25) is 0 Å². The second-order valence-electron chi connectivity index (χ2n) is 8.22. The summed E-state index contributed by atoms with van der Waals surface area (Å²) < 4.78 is 16.4. The van der Waals surface area contributed by atoms with Gasteiger partial charge >= 0.3 is 0 Å². The van der Waals surface area contributed by atoms with E-state index in [0.717, 1.165) is 61.8 Å². The number of anilines is 1. The first-order valence-corrected chi connectivity index (χ1v) is 12.3. The van der Waals surface area contributed by atoms with Crippen molar-refractivity contribution in [2.45, 2.75) is 13.3 Å². The van der Waals surface area contributed by atoms with Crippen LogP contribution in [0.5, 0.6) is 11.5 Å². The molecular formula is C26H31N3O4S. The van der Waals surface area contributed by atoms with Crippen molar-refractivity contribution in [3.8, 4) is 22.8 Å². The van der Waals surface area contributed by atoms with Crippen LogP contribution in [0, 0.1) is 6.92 Å². The van der Waals surface area contributed by atoms with Crippen LogP contribution in [-0.4, -0.2) is 69.4 Å². The van der Waals surface area contributed by atoms with Crippen LogP contribution < -0.4 is 14.4 Å². The zero-order valence-corrected chi connectivity index (χ0v) is 20.8. The molecular weight excluding hydrogens is 450 g/mol. The number of nitrogens with zero attached hydrogens (tertiary/aromatic N) is 3. The predicted molar refractivity (Wildman–Crippen MR) is 135 cm³/mol. The Kier molecular flexibility index (Phi) is 8.16. The molecule has 0 radical (unpaired) electrons. The Hall–Kier alpha value is -2.94. The third kappa shape index (κ3) is 5.75. The lowest BCUT2D eigenvalue weighted by Crippen LogP contribution is -2.39. The van der Waals surface area contributed by atoms with Crippen LogP contribution in [-0.2, 0) is 4.74 Å². The van der Waals surface area contributed by atoms with E-state index < -0.39 is 0 Å². The molecule has 1 amide bonds. The molecule has 3 aromatic rings. The number of carbonyl (C=O) groups is 1. The van der Waals surface area contributed by atoms with Crippen molar-refractivity contribution < 1.29 is 19.0 Å². The minimum absolute atomic E-state index is 0.0378. The average Bonchev–Trinajstić information content (AvgIpc) is 3.36. The van der Waals surface area contributed by atoms with E-state index in [-0.39, 0.29) is 5.91 Å². The summed E-state index contributed by atoms with van der Waals surface area (Å²) in [4.78, 5) is 22.6. The van der Waals surface area contributed by atoms with Crippen molar-refractivity contribution in [3.63, 3.8) is 0 Å². The number of amides is 1. The van der Waals surface area contributed by atoms with E-state index in [1.54, 1.807) is 19.1 Å². The van der Waals surface area contributed by atoms with E-state index >= 15 is 0 Å². The van der Waals surface area contributed by atoms with Crippen LogP contribution in [0.15, 0.2) is 47.8 Å². The van der Waals surface area contributed by atoms with Crippen molar-refractivity contribution in [3.05, 3.63) is 59.0 Å². The number of thiazole rings is 1. The molecule has 1 aromatic heterocycles. The lowest BCUT2D eigenvalue weighted by Gasteiger charge is -2.27. The maximum atomic E-state index is 13.6. The van der Waals surface area contributed by atoms with Gasteiger partial charge < -0.3 is 14.2 Å². The van der Waals surface area contributed by atoms with Crippen LogP contribution in [0.4, 0.5) is 5.13 Å². The summed E-state index contributed by atoms with van der Waals surface area (Å²) in [7, 11) is 3.27. The second-order valence-corrected chi connectivity index (χ2v) is 9.05. The van der Waals surface area contributed by atoms with Gasteiger partial charge in [-0.05, 0) is 43.7 Å². The minimum atomic E-state index is -0.0378. The molecule has 8 heteroatoms. The van der Waals surface area contributed by atoms with Crippen molar-refractivity contribution in [2.24, 2.45) is 0 Å². The van der Waals surface area contributed by atoms with Gasteiger partial charge in [-0.15, -0.1) is 11.3 Å². The highest BCUT2D eigenvalue weighted by Gasteiger charge is 2.22. The summed E-state index contributed by atoms with van der Waals surface area (Å²) in [5.41, 5.74) is 3.31. The fourth-order valence-electron chi connectivity index (χ4n) is 4.02. The lowest BCUT2D eigenvalue weighted by molar-refractivity contribution is 0.0376. The Labute approximate surface area is 204 Å². The number of methoxy groups -OCH3 is 2. The van der Waals surface area contributed by atoms with Crippen LogP contribution in [0.2, 0.25) is 0 Å². The number of morpholine rings is 1. The monoisotopic (exact) mass is 481 g/mol. The van der Waals surface area contributed by atoms with Gasteiger partial charge in [-0.2, -0.15) is 0 Å². The molecule has 0 bridgehead atoms. The number of hydrogen-bond acceptors (Lipinski definition) is 7.